The summed E-state index contributed by atoms with van der Waals surface area (Å²) in [5.74, 6) is 1.33. The van der Waals surface area contributed by atoms with E-state index in [0.717, 1.165) is 11.1 Å². The van der Waals surface area contributed by atoms with Gasteiger partial charge in [-0.05, 0) is 42.3 Å². The Labute approximate surface area is 130 Å². The molecule has 0 aliphatic heterocycles. The molecule has 0 fully saturated rings. The first-order valence-corrected chi connectivity index (χ1v) is 7.18. The molecule has 0 radical (unpaired) electrons. The fourth-order valence-corrected chi connectivity index (χ4v) is 2.20. The van der Waals surface area contributed by atoms with Crippen LogP contribution in [0.5, 0.6) is 11.5 Å². The standard InChI is InChI=1S/C17H22N2O3/c1-12(13-4-6-18-7-5-13)19-11-17(20)14-8-15(21-2)10-16(9-14)22-3/h4-10,12,17,19-20H,11H2,1-3H3. The van der Waals surface area contributed by atoms with Gasteiger partial charge in [0.15, 0.2) is 0 Å². The number of aliphatic hydroxyl groups is 1. The Morgan fingerprint density at radius 2 is 1.64 bits per heavy atom. The summed E-state index contributed by atoms with van der Waals surface area (Å²) in [6, 6.07) is 9.45. The van der Waals surface area contributed by atoms with Crippen LogP contribution in [0.1, 0.15) is 30.2 Å². The fraction of sp³-hybridized carbons (Fsp3) is 0.353. The van der Waals surface area contributed by atoms with E-state index in [1.54, 1.807) is 32.7 Å². The van der Waals surface area contributed by atoms with Crippen LogP contribution in [0.4, 0.5) is 0 Å². The number of benzene rings is 1. The number of aliphatic hydroxyl groups excluding tert-OH is 1. The topological polar surface area (TPSA) is 63.6 Å². The number of hydrogen-bond acceptors (Lipinski definition) is 5. The third kappa shape index (κ3) is 4.19. The third-order valence-electron chi connectivity index (χ3n) is 3.58. The lowest BCUT2D eigenvalue weighted by Crippen LogP contribution is -2.24. The van der Waals surface area contributed by atoms with Gasteiger partial charge >= 0.3 is 0 Å². The second kappa shape index (κ2) is 7.77. The van der Waals surface area contributed by atoms with Gasteiger partial charge in [0.1, 0.15) is 11.5 Å². The molecule has 0 saturated carbocycles. The van der Waals surface area contributed by atoms with Crippen LogP contribution < -0.4 is 14.8 Å². The molecule has 5 nitrogen and oxygen atoms in total. The van der Waals surface area contributed by atoms with Gasteiger partial charge in [-0.1, -0.05) is 0 Å². The lowest BCUT2D eigenvalue weighted by Gasteiger charge is -2.18. The summed E-state index contributed by atoms with van der Waals surface area (Å²) in [5, 5.41) is 13.7. The van der Waals surface area contributed by atoms with Crippen LogP contribution in [-0.2, 0) is 0 Å². The van der Waals surface area contributed by atoms with Gasteiger partial charge in [0.25, 0.3) is 0 Å². The van der Waals surface area contributed by atoms with Crippen molar-refractivity contribution in [2.45, 2.75) is 19.1 Å². The zero-order valence-electron chi connectivity index (χ0n) is 13.1. The maximum absolute atomic E-state index is 10.4. The quantitative estimate of drug-likeness (QED) is 0.822. The smallest absolute Gasteiger partial charge is 0.122 e. The van der Waals surface area contributed by atoms with E-state index in [9.17, 15) is 5.11 Å². The normalized spacial score (nSPS) is 13.5. The summed E-state index contributed by atoms with van der Waals surface area (Å²) >= 11 is 0. The summed E-state index contributed by atoms with van der Waals surface area (Å²) in [5.41, 5.74) is 1.89. The molecule has 118 valence electrons. The minimum atomic E-state index is -0.645. The molecular weight excluding hydrogens is 280 g/mol. The second-order valence-electron chi connectivity index (χ2n) is 5.07. The zero-order valence-corrected chi connectivity index (χ0v) is 13.1. The summed E-state index contributed by atoms with van der Waals surface area (Å²) in [6.07, 6.45) is 2.88. The van der Waals surface area contributed by atoms with Gasteiger partial charge < -0.3 is 19.9 Å². The van der Waals surface area contributed by atoms with E-state index in [2.05, 4.69) is 10.3 Å². The second-order valence-corrected chi connectivity index (χ2v) is 5.07. The van der Waals surface area contributed by atoms with Gasteiger partial charge in [-0.25, -0.2) is 0 Å². The molecule has 0 spiro atoms. The zero-order chi connectivity index (χ0) is 15.9. The number of pyridine rings is 1. The molecule has 5 heteroatoms. The monoisotopic (exact) mass is 302 g/mol. The maximum atomic E-state index is 10.4. The van der Waals surface area contributed by atoms with E-state index in [1.165, 1.54) is 0 Å². The SMILES string of the molecule is COc1cc(OC)cc(C(O)CNC(C)c2ccncc2)c1. The number of hydrogen-bond donors (Lipinski definition) is 2. The average Bonchev–Trinajstić information content (AvgIpc) is 2.59. The van der Waals surface area contributed by atoms with Crippen LogP contribution in [0.2, 0.25) is 0 Å². The molecule has 2 rings (SSSR count). The minimum Gasteiger partial charge on any atom is -0.497 e. The number of ether oxygens (including phenoxy) is 2. The van der Waals surface area contributed by atoms with Gasteiger partial charge in [-0.3, -0.25) is 4.98 Å². The summed E-state index contributed by atoms with van der Waals surface area (Å²) in [4.78, 5) is 4.00. The number of rotatable bonds is 7. The number of aromatic nitrogens is 1. The average molecular weight is 302 g/mol. The molecule has 1 aromatic heterocycles. The summed E-state index contributed by atoms with van der Waals surface area (Å²) in [7, 11) is 3.18. The van der Waals surface area contributed by atoms with Gasteiger partial charge in [0.05, 0.1) is 20.3 Å². The highest BCUT2D eigenvalue weighted by atomic mass is 16.5. The summed E-state index contributed by atoms with van der Waals surface area (Å²) in [6.45, 7) is 2.48. The summed E-state index contributed by atoms with van der Waals surface area (Å²) < 4.78 is 10.4. The number of nitrogens with one attached hydrogen (secondary N) is 1. The minimum absolute atomic E-state index is 0.130. The van der Waals surface area contributed by atoms with Crippen LogP contribution >= 0.6 is 0 Å². The number of methoxy groups -OCH3 is 2. The third-order valence-corrected chi connectivity index (χ3v) is 3.58. The molecule has 2 unspecified atom stereocenters. The molecule has 2 atom stereocenters. The van der Waals surface area contributed by atoms with Gasteiger partial charge in [0.2, 0.25) is 0 Å². The van der Waals surface area contributed by atoms with Crippen LogP contribution in [0.25, 0.3) is 0 Å². The Morgan fingerprint density at radius 1 is 1.05 bits per heavy atom. The van der Waals surface area contributed by atoms with Crippen molar-refractivity contribution in [2.24, 2.45) is 0 Å². The molecule has 22 heavy (non-hydrogen) atoms. The van der Waals surface area contributed by atoms with Crippen molar-refractivity contribution in [1.29, 1.82) is 0 Å². The highest BCUT2D eigenvalue weighted by Gasteiger charge is 2.13. The van der Waals surface area contributed by atoms with E-state index in [0.29, 0.717) is 18.0 Å². The molecule has 0 saturated heterocycles. The maximum Gasteiger partial charge on any atom is 0.122 e. The predicted molar refractivity (Wildman–Crippen MR) is 85.2 cm³/mol. The van der Waals surface area contributed by atoms with Crippen molar-refractivity contribution in [1.82, 2.24) is 10.3 Å². The Hall–Kier alpha value is -2.11. The van der Waals surface area contributed by atoms with Gasteiger partial charge in [-0.2, -0.15) is 0 Å². The Balaban J connectivity index is 2.01. The highest BCUT2D eigenvalue weighted by molar-refractivity contribution is 5.39. The lowest BCUT2D eigenvalue weighted by atomic mass is 10.1. The van der Waals surface area contributed by atoms with Crippen LogP contribution in [0.3, 0.4) is 0 Å². The van der Waals surface area contributed by atoms with Crippen molar-refractivity contribution in [2.75, 3.05) is 20.8 Å². The Kier molecular flexibility index (Phi) is 5.75. The number of nitrogens with zero attached hydrogens (tertiary/aromatic N) is 1. The van der Waals surface area contributed by atoms with Crippen LogP contribution in [-0.4, -0.2) is 30.9 Å². The van der Waals surface area contributed by atoms with Crippen LogP contribution in [0, 0.1) is 0 Å². The van der Waals surface area contributed by atoms with E-state index in [-0.39, 0.29) is 6.04 Å². The highest BCUT2D eigenvalue weighted by Crippen LogP contribution is 2.26. The first kappa shape index (κ1) is 16.3. The van der Waals surface area contributed by atoms with Gasteiger partial charge in [0, 0.05) is 31.0 Å². The van der Waals surface area contributed by atoms with E-state index < -0.39 is 6.10 Å². The Bertz CT molecular complexity index is 567. The lowest BCUT2D eigenvalue weighted by molar-refractivity contribution is 0.170. The van der Waals surface area contributed by atoms with E-state index in [1.807, 2.05) is 31.2 Å². The molecular formula is C17H22N2O3. The van der Waals surface area contributed by atoms with Crippen molar-refractivity contribution < 1.29 is 14.6 Å². The largest absolute Gasteiger partial charge is 0.497 e. The van der Waals surface area contributed by atoms with E-state index in [4.69, 9.17) is 9.47 Å². The predicted octanol–water partition coefficient (Wildman–Crippen LogP) is 2.48. The van der Waals surface area contributed by atoms with Crippen molar-refractivity contribution >= 4 is 0 Å². The molecule has 0 bridgehead atoms. The van der Waals surface area contributed by atoms with Crippen molar-refractivity contribution in [3.63, 3.8) is 0 Å². The van der Waals surface area contributed by atoms with Crippen LogP contribution in [0.15, 0.2) is 42.7 Å². The fourth-order valence-electron chi connectivity index (χ4n) is 2.20. The first-order valence-electron chi connectivity index (χ1n) is 7.18. The molecule has 0 amide bonds. The molecule has 2 N–H and O–H groups in total. The molecule has 0 aliphatic rings. The van der Waals surface area contributed by atoms with Crippen molar-refractivity contribution in [3.05, 3.63) is 53.9 Å². The molecule has 2 aromatic rings. The molecule has 0 aliphatic carbocycles. The van der Waals surface area contributed by atoms with Crippen molar-refractivity contribution in [3.8, 4) is 11.5 Å². The molecule has 1 aromatic carbocycles. The van der Waals surface area contributed by atoms with Gasteiger partial charge in [-0.15, -0.1) is 0 Å². The first-order chi connectivity index (χ1) is 10.6. The van der Waals surface area contributed by atoms with E-state index >= 15 is 0 Å². The molecule has 1 heterocycles. The Morgan fingerprint density at radius 3 is 2.18 bits per heavy atom.